The Bertz CT molecular complexity index is 644. The summed E-state index contributed by atoms with van der Waals surface area (Å²) in [5.74, 6) is -0.172. The first-order valence-electron chi connectivity index (χ1n) is 5.61. The smallest absolute Gasteiger partial charge is 0.248 e. The van der Waals surface area contributed by atoms with Crippen LogP contribution in [0.2, 0.25) is 0 Å². The van der Waals surface area contributed by atoms with Crippen molar-refractivity contribution in [2.45, 2.75) is 13.0 Å². The Morgan fingerprint density at radius 1 is 1.58 bits per heavy atom. The molecular formula is C13H11IN4O. The summed E-state index contributed by atoms with van der Waals surface area (Å²) in [5.41, 5.74) is 1.12. The predicted octanol–water partition coefficient (Wildman–Crippen LogP) is 2.56. The van der Waals surface area contributed by atoms with Gasteiger partial charge in [-0.3, -0.25) is 9.48 Å². The number of hydrogen-bond acceptors (Lipinski definition) is 3. The van der Waals surface area contributed by atoms with Crippen molar-refractivity contribution in [1.29, 1.82) is 5.26 Å². The molecule has 0 radical (unpaired) electrons. The molecule has 1 atom stereocenters. The minimum atomic E-state index is -0.408. The highest BCUT2D eigenvalue weighted by Crippen LogP contribution is 2.14. The van der Waals surface area contributed by atoms with E-state index in [-0.39, 0.29) is 5.91 Å². The van der Waals surface area contributed by atoms with Gasteiger partial charge in [-0.05, 0) is 47.7 Å². The first-order chi connectivity index (χ1) is 9.10. The molecule has 1 N–H and O–H groups in total. The minimum absolute atomic E-state index is 0.172. The Morgan fingerprint density at radius 3 is 3.00 bits per heavy atom. The molecular weight excluding hydrogens is 355 g/mol. The number of carbonyl (C=O) groups is 1. The lowest BCUT2D eigenvalue weighted by Crippen LogP contribution is -2.24. The van der Waals surface area contributed by atoms with Gasteiger partial charge in [-0.25, -0.2) is 0 Å². The van der Waals surface area contributed by atoms with Crippen LogP contribution in [-0.2, 0) is 4.79 Å². The van der Waals surface area contributed by atoms with Gasteiger partial charge >= 0.3 is 0 Å². The van der Waals surface area contributed by atoms with Crippen molar-refractivity contribution >= 4 is 34.2 Å². The van der Waals surface area contributed by atoms with E-state index in [1.165, 1.54) is 0 Å². The lowest BCUT2D eigenvalue weighted by molar-refractivity contribution is -0.119. The molecule has 0 fully saturated rings. The van der Waals surface area contributed by atoms with Gasteiger partial charge in [0.15, 0.2) is 0 Å². The fraction of sp³-hybridized carbons (Fsp3) is 0.154. The van der Waals surface area contributed by atoms with Crippen molar-refractivity contribution < 1.29 is 4.79 Å². The summed E-state index contributed by atoms with van der Waals surface area (Å²) in [7, 11) is 0. The summed E-state index contributed by atoms with van der Waals surface area (Å²) < 4.78 is 2.58. The zero-order valence-electron chi connectivity index (χ0n) is 10.2. The Morgan fingerprint density at radius 2 is 2.37 bits per heavy atom. The number of nitrogens with one attached hydrogen (secondary N) is 1. The topological polar surface area (TPSA) is 70.7 Å². The van der Waals surface area contributed by atoms with Gasteiger partial charge in [-0.1, -0.05) is 6.07 Å². The van der Waals surface area contributed by atoms with E-state index < -0.39 is 6.04 Å². The summed E-state index contributed by atoms with van der Waals surface area (Å²) in [6, 6.07) is 8.43. The highest BCUT2D eigenvalue weighted by atomic mass is 127. The van der Waals surface area contributed by atoms with Gasteiger partial charge in [0.1, 0.15) is 6.04 Å². The third kappa shape index (κ3) is 3.32. The van der Waals surface area contributed by atoms with Crippen LogP contribution in [0.5, 0.6) is 0 Å². The maximum atomic E-state index is 12.1. The van der Waals surface area contributed by atoms with E-state index in [1.54, 1.807) is 48.3 Å². The van der Waals surface area contributed by atoms with E-state index in [9.17, 15) is 4.79 Å². The fourth-order valence-electron chi connectivity index (χ4n) is 1.56. The van der Waals surface area contributed by atoms with E-state index in [1.807, 2.05) is 6.07 Å². The number of carbonyl (C=O) groups excluding carboxylic acids is 1. The van der Waals surface area contributed by atoms with Crippen LogP contribution in [0, 0.1) is 14.9 Å². The number of hydrogen-bond donors (Lipinski definition) is 1. The van der Waals surface area contributed by atoms with E-state index in [4.69, 9.17) is 5.26 Å². The van der Waals surface area contributed by atoms with Crippen LogP contribution in [-0.4, -0.2) is 15.7 Å². The molecule has 1 unspecified atom stereocenters. The molecule has 19 heavy (non-hydrogen) atoms. The Hall–Kier alpha value is -1.88. The fourth-order valence-corrected chi connectivity index (χ4v) is 1.97. The molecule has 1 heterocycles. The summed E-state index contributed by atoms with van der Waals surface area (Å²) in [5, 5.41) is 15.7. The first-order valence-corrected chi connectivity index (χ1v) is 6.68. The molecule has 96 valence electrons. The summed E-state index contributed by atoms with van der Waals surface area (Å²) >= 11 is 2.14. The van der Waals surface area contributed by atoms with Crippen LogP contribution in [0.4, 0.5) is 5.69 Å². The molecule has 1 amide bonds. The molecule has 1 aromatic carbocycles. The number of nitriles is 1. The third-order valence-electron chi connectivity index (χ3n) is 2.61. The molecule has 6 heteroatoms. The van der Waals surface area contributed by atoms with Crippen molar-refractivity contribution in [3.63, 3.8) is 0 Å². The average molecular weight is 366 g/mol. The Balaban J connectivity index is 2.10. The second-order valence-electron chi connectivity index (χ2n) is 4.00. The number of aromatic nitrogens is 2. The largest absolute Gasteiger partial charge is 0.324 e. The normalized spacial score (nSPS) is 11.6. The average Bonchev–Trinajstić information content (AvgIpc) is 2.84. The second-order valence-corrected chi connectivity index (χ2v) is 5.24. The van der Waals surface area contributed by atoms with E-state index in [2.05, 4.69) is 33.0 Å². The van der Waals surface area contributed by atoms with Crippen LogP contribution in [0.25, 0.3) is 0 Å². The number of nitrogens with zero attached hydrogens (tertiary/aromatic N) is 3. The van der Waals surface area contributed by atoms with Gasteiger partial charge in [0.25, 0.3) is 0 Å². The SMILES string of the molecule is CC(C(=O)Nc1cccc(C#N)c1)n1cc(I)cn1. The van der Waals surface area contributed by atoms with E-state index in [0.717, 1.165) is 3.57 Å². The van der Waals surface area contributed by atoms with E-state index >= 15 is 0 Å². The first kappa shape index (κ1) is 13.5. The van der Waals surface area contributed by atoms with Gasteiger partial charge in [0.2, 0.25) is 5.91 Å². The van der Waals surface area contributed by atoms with Crippen molar-refractivity contribution in [1.82, 2.24) is 9.78 Å². The third-order valence-corrected chi connectivity index (χ3v) is 3.16. The Labute approximate surface area is 124 Å². The van der Waals surface area contributed by atoms with Crippen molar-refractivity contribution in [3.05, 3.63) is 45.8 Å². The molecule has 0 spiro atoms. The molecule has 0 aliphatic rings. The molecule has 0 aliphatic carbocycles. The maximum Gasteiger partial charge on any atom is 0.248 e. The molecule has 2 rings (SSSR count). The number of rotatable bonds is 3. The molecule has 0 saturated carbocycles. The van der Waals surface area contributed by atoms with Gasteiger partial charge in [-0.2, -0.15) is 10.4 Å². The van der Waals surface area contributed by atoms with Crippen molar-refractivity contribution in [3.8, 4) is 6.07 Å². The minimum Gasteiger partial charge on any atom is -0.324 e. The number of anilines is 1. The van der Waals surface area contributed by atoms with Crippen LogP contribution < -0.4 is 5.32 Å². The monoisotopic (exact) mass is 366 g/mol. The molecule has 5 nitrogen and oxygen atoms in total. The van der Waals surface area contributed by atoms with Gasteiger partial charge in [-0.15, -0.1) is 0 Å². The van der Waals surface area contributed by atoms with Gasteiger partial charge in [0.05, 0.1) is 21.4 Å². The van der Waals surface area contributed by atoms with Crippen LogP contribution in [0.3, 0.4) is 0 Å². The highest BCUT2D eigenvalue weighted by molar-refractivity contribution is 14.1. The molecule has 1 aromatic heterocycles. The van der Waals surface area contributed by atoms with Gasteiger partial charge in [0, 0.05) is 11.9 Å². The lowest BCUT2D eigenvalue weighted by Gasteiger charge is -2.12. The van der Waals surface area contributed by atoms with Crippen LogP contribution in [0.1, 0.15) is 18.5 Å². The van der Waals surface area contributed by atoms with Gasteiger partial charge < -0.3 is 5.32 Å². The van der Waals surface area contributed by atoms with Crippen molar-refractivity contribution in [2.24, 2.45) is 0 Å². The van der Waals surface area contributed by atoms with Crippen molar-refractivity contribution in [2.75, 3.05) is 5.32 Å². The summed E-state index contributed by atoms with van der Waals surface area (Å²) in [6.07, 6.45) is 3.50. The number of benzene rings is 1. The lowest BCUT2D eigenvalue weighted by atomic mass is 10.2. The predicted molar refractivity (Wildman–Crippen MR) is 79.4 cm³/mol. The second kappa shape index (κ2) is 5.84. The summed E-state index contributed by atoms with van der Waals surface area (Å²) in [4.78, 5) is 12.1. The zero-order valence-corrected chi connectivity index (χ0v) is 12.3. The molecule has 2 aromatic rings. The highest BCUT2D eigenvalue weighted by Gasteiger charge is 2.15. The Kier molecular flexibility index (Phi) is 4.16. The molecule has 0 bridgehead atoms. The summed E-state index contributed by atoms with van der Waals surface area (Å²) in [6.45, 7) is 1.77. The number of amides is 1. The molecule has 0 saturated heterocycles. The molecule has 0 aliphatic heterocycles. The van der Waals surface area contributed by atoms with Crippen LogP contribution >= 0.6 is 22.6 Å². The van der Waals surface area contributed by atoms with E-state index in [0.29, 0.717) is 11.3 Å². The quantitative estimate of drug-likeness (QED) is 0.849. The standard InChI is InChI=1S/C13H11IN4O/c1-9(18-8-11(14)7-16-18)13(19)17-12-4-2-3-10(5-12)6-15/h2-5,7-9H,1H3,(H,17,19). The zero-order chi connectivity index (χ0) is 13.8. The van der Waals surface area contributed by atoms with Crippen LogP contribution in [0.15, 0.2) is 36.7 Å². The number of halogens is 1. The maximum absolute atomic E-state index is 12.1.